The maximum absolute atomic E-state index is 12.0. The van der Waals surface area contributed by atoms with Crippen LogP contribution in [0.25, 0.3) is 0 Å². The molecule has 0 bridgehead atoms. The normalized spacial score (nSPS) is 15.3. The smallest absolute Gasteiger partial charge is 0.306 e. The molecule has 1 aromatic heterocycles. The minimum absolute atomic E-state index is 0.0636. The number of nitrogens with one attached hydrogen (secondary N) is 1. The van der Waals surface area contributed by atoms with Crippen molar-refractivity contribution in [3.63, 3.8) is 0 Å². The fourth-order valence-electron chi connectivity index (χ4n) is 3.08. The Kier molecular flexibility index (Phi) is 5.37. The van der Waals surface area contributed by atoms with E-state index in [0.717, 1.165) is 31.2 Å². The third-order valence-corrected chi connectivity index (χ3v) is 4.35. The largest absolute Gasteiger partial charge is 0.462 e. The van der Waals surface area contributed by atoms with Gasteiger partial charge in [-0.3, -0.25) is 9.59 Å². The van der Waals surface area contributed by atoms with Gasteiger partial charge in [0.25, 0.3) is 5.56 Å². The first kappa shape index (κ1) is 16.3. The van der Waals surface area contributed by atoms with E-state index in [1.807, 2.05) is 6.07 Å². The molecule has 0 amide bonds. The molecule has 0 radical (unpaired) electrons. The molecule has 1 N–H and O–H groups in total. The Morgan fingerprint density at radius 3 is 2.64 bits per heavy atom. The monoisotopic (exact) mass is 302 g/mol. The van der Waals surface area contributed by atoms with Gasteiger partial charge >= 0.3 is 5.97 Å². The summed E-state index contributed by atoms with van der Waals surface area (Å²) in [6.07, 6.45) is 6.21. The molecule has 1 aliphatic rings. The minimum Gasteiger partial charge on any atom is -0.462 e. The van der Waals surface area contributed by atoms with Gasteiger partial charge in [0, 0.05) is 12.1 Å². The lowest BCUT2D eigenvalue weighted by atomic mass is 9.97. The van der Waals surface area contributed by atoms with Gasteiger partial charge in [-0.2, -0.15) is 5.26 Å². The molecule has 5 nitrogen and oxygen atoms in total. The van der Waals surface area contributed by atoms with Crippen LogP contribution in [0.5, 0.6) is 0 Å². The Labute approximate surface area is 130 Å². The fraction of sp³-hybridized carbons (Fsp3) is 0.588. The van der Waals surface area contributed by atoms with Crippen molar-refractivity contribution in [2.45, 2.75) is 64.9 Å². The molecule has 118 valence electrons. The number of hydrogen-bond acceptors (Lipinski definition) is 4. The van der Waals surface area contributed by atoms with Crippen LogP contribution in [0.15, 0.2) is 4.79 Å². The summed E-state index contributed by atoms with van der Waals surface area (Å²) >= 11 is 0. The predicted molar refractivity (Wildman–Crippen MR) is 82.5 cm³/mol. The highest BCUT2D eigenvalue weighted by Gasteiger charge is 2.18. The van der Waals surface area contributed by atoms with Crippen LogP contribution in [0.1, 0.15) is 60.9 Å². The van der Waals surface area contributed by atoms with Gasteiger partial charge in [-0.15, -0.1) is 0 Å². The molecule has 2 rings (SSSR count). The van der Waals surface area contributed by atoms with E-state index in [1.54, 1.807) is 13.8 Å². The van der Waals surface area contributed by atoms with E-state index in [4.69, 9.17) is 10.00 Å². The van der Waals surface area contributed by atoms with Crippen molar-refractivity contribution in [3.05, 3.63) is 32.7 Å². The standard InChI is InChI=1S/C17H22N2O3/c1-11-14(12(2)19-17(21)15(11)10-18)8-9-16(20)22-13-6-4-3-5-7-13/h13H,3-9H2,1-2H3,(H,19,21). The van der Waals surface area contributed by atoms with Crippen LogP contribution < -0.4 is 5.56 Å². The zero-order valence-electron chi connectivity index (χ0n) is 13.2. The molecule has 1 aromatic rings. The van der Waals surface area contributed by atoms with Gasteiger partial charge in [0.2, 0.25) is 0 Å². The van der Waals surface area contributed by atoms with Crippen LogP contribution in [0.3, 0.4) is 0 Å². The summed E-state index contributed by atoms with van der Waals surface area (Å²) in [6.45, 7) is 3.54. The van der Waals surface area contributed by atoms with Crippen LogP contribution in [-0.4, -0.2) is 17.1 Å². The number of nitriles is 1. The number of carbonyl (C=O) groups is 1. The highest BCUT2D eigenvalue weighted by Crippen LogP contribution is 2.21. The first-order valence-electron chi connectivity index (χ1n) is 7.85. The first-order valence-corrected chi connectivity index (χ1v) is 7.85. The first-order chi connectivity index (χ1) is 10.5. The summed E-state index contributed by atoms with van der Waals surface area (Å²) in [7, 11) is 0. The summed E-state index contributed by atoms with van der Waals surface area (Å²) in [5.41, 5.74) is 1.99. The van der Waals surface area contributed by atoms with Gasteiger partial charge in [0.05, 0.1) is 0 Å². The van der Waals surface area contributed by atoms with Gasteiger partial charge in [-0.1, -0.05) is 6.42 Å². The molecule has 0 spiro atoms. The van der Waals surface area contributed by atoms with Crippen molar-refractivity contribution in [2.75, 3.05) is 0 Å². The van der Waals surface area contributed by atoms with Gasteiger partial charge in [-0.25, -0.2) is 0 Å². The fourth-order valence-corrected chi connectivity index (χ4v) is 3.08. The molecule has 0 atom stereocenters. The molecule has 1 saturated carbocycles. The number of esters is 1. The Hall–Kier alpha value is -2.09. The average Bonchev–Trinajstić information content (AvgIpc) is 2.48. The molecular weight excluding hydrogens is 280 g/mol. The van der Waals surface area contributed by atoms with Gasteiger partial charge < -0.3 is 9.72 Å². The van der Waals surface area contributed by atoms with Crippen LogP contribution in [0.2, 0.25) is 0 Å². The van der Waals surface area contributed by atoms with Gasteiger partial charge in [0.15, 0.2) is 0 Å². The third-order valence-electron chi connectivity index (χ3n) is 4.35. The zero-order valence-corrected chi connectivity index (χ0v) is 13.2. The highest BCUT2D eigenvalue weighted by atomic mass is 16.5. The summed E-state index contributed by atoms with van der Waals surface area (Å²) in [5.74, 6) is -0.199. The van der Waals surface area contributed by atoms with Crippen LogP contribution in [-0.2, 0) is 16.0 Å². The second kappa shape index (κ2) is 7.26. The van der Waals surface area contributed by atoms with Crippen molar-refractivity contribution >= 4 is 5.97 Å². The molecule has 1 aliphatic carbocycles. The zero-order chi connectivity index (χ0) is 16.1. The number of aryl methyl sites for hydroxylation is 1. The molecule has 1 fully saturated rings. The van der Waals surface area contributed by atoms with E-state index < -0.39 is 0 Å². The van der Waals surface area contributed by atoms with Crippen molar-refractivity contribution < 1.29 is 9.53 Å². The van der Waals surface area contributed by atoms with Crippen molar-refractivity contribution in [2.24, 2.45) is 0 Å². The van der Waals surface area contributed by atoms with Gasteiger partial charge in [0.1, 0.15) is 17.7 Å². The maximum atomic E-state index is 12.0. The van der Waals surface area contributed by atoms with Crippen LogP contribution in [0, 0.1) is 25.2 Å². The van der Waals surface area contributed by atoms with Crippen molar-refractivity contribution in [1.82, 2.24) is 4.98 Å². The molecule has 0 aromatic carbocycles. The highest BCUT2D eigenvalue weighted by molar-refractivity contribution is 5.70. The van der Waals surface area contributed by atoms with Crippen LogP contribution in [0.4, 0.5) is 0 Å². The van der Waals surface area contributed by atoms with E-state index in [9.17, 15) is 9.59 Å². The lowest BCUT2D eigenvalue weighted by molar-refractivity contribution is -0.150. The molecule has 5 heteroatoms. The number of aromatic nitrogens is 1. The second-order valence-corrected chi connectivity index (χ2v) is 5.92. The van der Waals surface area contributed by atoms with Crippen molar-refractivity contribution in [3.8, 4) is 6.07 Å². The van der Waals surface area contributed by atoms with Crippen LogP contribution >= 0.6 is 0 Å². The van der Waals surface area contributed by atoms with E-state index in [-0.39, 0.29) is 29.6 Å². The topological polar surface area (TPSA) is 83.0 Å². The number of carbonyl (C=O) groups excluding carboxylic acids is 1. The molecule has 22 heavy (non-hydrogen) atoms. The Morgan fingerprint density at radius 1 is 1.32 bits per heavy atom. The van der Waals surface area contributed by atoms with Crippen molar-refractivity contribution in [1.29, 1.82) is 5.26 Å². The number of rotatable bonds is 4. The Balaban J connectivity index is 2.01. The summed E-state index contributed by atoms with van der Waals surface area (Å²) in [4.78, 5) is 26.3. The number of nitrogens with zero attached hydrogens (tertiary/aromatic N) is 1. The number of H-pyrrole nitrogens is 1. The molecule has 0 unspecified atom stereocenters. The van der Waals surface area contributed by atoms with E-state index in [2.05, 4.69) is 4.98 Å². The molecule has 0 aliphatic heterocycles. The lowest BCUT2D eigenvalue weighted by Crippen LogP contribution is -2.22. The second-order valence-electron chi connectivity index (χ2n) is 5.92. The lowest BCUT2D eigenvalue weighted by Gasteiger charge is -2.22. The van der Waals surface area contributed by atoms with E-state index >= 15 is 0 Å². The number of pyridine rings is 1. The summed E-state index contributed by atoms with van der Waals surface area (Å²) in [5, 5.41) is 9.05. The number of ether oxygens (including phenoxy) is 1. The summed E-state index contributed by atoms with van der Waals surface area (Å²) in [6, 6.07) is 1.92. The predicted octanol–water partition coefficient (Wildman–Crippen LogP) is 2.67. The third kappa shape index (κ3) is 3.76. The molecule has 0 saturated heterocycles. The molecule has 1 heterocycles. The summed E-state index contributed by atoms with van der Waals surface area (Å²) < 4.78 is 5.50. The van der Waals surface area contributed by atoms with E-state index in [1.165, 1.54) is 6.42 Å². The SMILES string of the molecule is Cc1[nH]c(=O)c(C#N)c(C)c1CCC(=O)OC1CCCCC1. The van der Waals surface area contributed by atoms with Gasteiger partial charge in [-0.05, 0) is 57.1 Å². The Bertz CT molecular complexity index is 649. The maximum Gasteiger partial charge on any atom is 0.306 e. The average molecular weight is 302 g/mol. The molecular formula is C17H22N2O3. The quantitative estimate of drug-likeness (QED) is 0.867. The minimum atomic E-state index is -0.369. The van der Waals surface area contributed by atoms with E-state index in [0.29, 0.717) is 17.7 Å². The number of hydrogen-bond donors (Lipinski definition) is 1. The Morgan fingerprint density at radius 2 is 2.00 bits per heavy atom. The number of aromatic amines is 1.